The number of halogens is 2. The second kappa shape index (κ2) is 10.0. The van der Waals surface area contributed by atoms with Gasteiger partial charge >= 0.3 is 0 Å². The smallest absolute Gasteiger partial charge is 0.272 e. The fourth-order valence-corrected chi connectivity index (χ4v) is 3.26. The van der Waals surface area contributed by atoms with Gasteiger partial charge in [-0.15, -0.1) is 11.7 Å². The van der Waals surface area contributed by atoms with Crippen LogP contribution in [0.4, 0.5) is 22.7 Å². The van der Waals surface area contributed by atoms with Gasteiger partial charge in [-0.1, -0.05) is 29.3 Å². The van der Waals surface area contributed by atoms with Gasteiger partial charge in [0.25, 0.3) is 5.69 Å². The van der Waals surface area contributed by atoms with Crippen molar-refractivity contribution >= 4 is 46.0 Å². The van der Waals surface area contributed by atoms with Crippen LogP contribution in [0.1, 0.15) is 5.56 Å². The molecule has 160 valence electrons. The van der Waals surface area contributed by atoms with E-state index in [-0.39, 0.29) is 21.4 Å². The number of nitro benzene ring substituents is 1. The number of non-ortho nitro benzene ring substituents is 1. The lowest BCUT2D eigenvalue weighted by Crippen LogP contribution is -2.42. The molecule has 0 atom stereocenters. The highest BCUT2D eigenvalue weighted by Crippen LogP contribution is 2.38. The topological polar surface area (TPSA) is 71.1 Å². The molecule has 0 aliphatic rings. The van der Waals surface area contributed by atoms with E-state index in [0.717, 1.165) is 35.4 Å². The average molecular weight is 451 g/mol. The van der Waals surface area contributed by atoms with Crippen molar-refractivity contribution in [2.75, 3.05) is 45.7 Å². The number of rotatable bonds is 9. The van der Waals surface area contributed by atoms with E-state index in [0.29, 0.717) is 5.69 Å². The molecule has 0 unspecified atom stereocenters. The molecule has 2 aromatic rings. The Morgan fingerprint density at radius 1 is 1.17 bits per heavy atom. The van der Waals surface area contributed by atoms with Crippen LogP contribution in [0.5, 0.6) is 0 Å². The predicted octanol–water partition coefficient (Wildman–Crippen LogP) is 6.32. The zero-order chi connectivity index (χ0) is 22.5. The minimum Gasteiger partial charge on any atom is -0.362 e. The number of likely N-dealkylation sites (N-methyl/N-ethyl adjacent to an activating group) is 1. The Morgan fingerprint density at radius 3 is 2.30 bits per heavy atom. The second-order valence-corrected chi connectivity index (χ2v) is 8.75. The van der Waals surface area contributed by atoms with Crippen molar-refractivity contribution in [3.05, 3.63) is 68.7 Å². The zero-order valence-corrected chi connectivity index (χ0v) is 19.1. The molecule has 0 heterocycles. The molecule has 9 heteroatoms. The number of nitro groups is 1. The van der Waals surface area contributed by atoms with Gasteiger partial charge in [0.1, 0.15) is 5.69 Å². The van der Waals surface area contributed by atoms with Crippen LogP contribution in [0.3, 0.4) is 0 Å². The summed E-state index contributed by atoms with van der Waals surface area (Å²) < 4.78 is 0.871. The minimum absolute atomic E-state index is 0.0738. The van der Waals surface area contributed by atoms with Crippen molar-refractivity contribution in [1.82, 2.24) is 0 Å². The minimum atomic E-state index is -0.560. The van der Waals surface area contributed by atoms with Crippen molar-refractivity contribution in [2.24, 2.45) is 10.2 Å². The van der Waals surface area contributed by atoms with Crippen molar-refractivity contribution in [3.8, 4) is 0 Å². The molecule has 0 N–H and O–H groups in total. The standard InChI is InChI=1S/C21H26Cl2N5O2/c1-6-9-26(10-11-28(3,4)5)16-7-8-20(15(2)12-16)24-25-21-18(22)13-17(27(29)30)14-19(21)23/h6-8,12-14H,1,9-11H2,2-5H3/q+1. The molecule has 0 spiro atoms. The van der Waals surface area contributed by atoms with Crippen LogP contribution in [0, 0.1) is 17.0 Å². The van der Waals surface area contributed by atoms with Crippen molar-refractivity contribution in [1.29, 1.82) is 0 Å². The van der Waals surface area contributed by atoms with Gasteiger partial charge in [-0.05, 0) is 30.7 Å². The summed E-state index contributed by atoms with van der Waals surface area (Å²) in [5.74, 6) is 0. The van der Waals surface area contributed by atoms with Gasteiger partial charge < -0.3 is 9.38 Å². The van der Waals surface area contributed by atoms with Crippen molar-refractivity contribution < 1.29 is 9.41 Å². The van der Waals surface area contributed by atoms with Crippen LogP contribution in [0.15, 0.2) is 53.2 Å². The molecular weight excluding hydrogens is 425 g/mol. The first kappa shape index (κ1) is 23.8. The zero-order valence-electron chi connectivity index (χ0n) is 17.6. The summed E-state index contributed by atoms with van der Waals surface area (Å²) in [4.78, 5) is 12.6. The molecule has 2 aromatic carbocycles. The third-order valence-electron chi connectivity index (χ3n) is 4.41. The first-order chi connectivity index (χ1) is 14.0. The summed E-state index contributed by atoms with van der Waals surface area (Å²) in [5.41, 5.74) is 2.68. The number of hydrogen-bond acceptors (Lipinski definition) is 5. The van der Waals surface area contributed by atoms with Gasteiger partial charge in [-0.2, -0.15) is 5.11 Å². The molecule has 7 nitrogen and oxygen atoms in total. The van der Waals surface area contributed by atoms with Crippen LogP contribution in [0.25, 0.3) is 0 Å². The highest BCUT2D eigenvalue weighted by atomic mass is 35.5. The molecular formula is C21H26Cl2N5O2+. The maximum atomic E-state index is 10.9. The number of hydrogen-bond donors (Lipinski definition) is 0. The maximum Gasteiger partial charge on any atom is 0.272 e. The van der Waals surface area contributed by atoms with Gasteiger partial charge in [0, 0.05) is 24.4 Å². The molecule has 30 heavy (non-hydrogen) atoms. The van der Waals surface area contributed by atoms with Gasteiger partial charge in [0.15, 0.2) is 0 Å². The van der Waals surface area contributed by atoms with Crippen LogP contribution in [-0.4, -0.2) is 50.2 Å². The van der Waals surface area contributed by atoms with Crippen LogP contribution < -0.4 is 4.90 Å². The molecule has 0 aromatic heterocycles. The number of nitrogens with zero attached hydrogens (tertiary/aromatic N) is 5. The van der Waals surface area contributed by atoms with E-state index in [4.69, 9.17) is 23.2 Å². The summed E-state index contributed by atoms with van der Waals surface area (Å²) in [6, 6.07) is 8.33. The third-order valence-corrected chi connectivity index (χ3v) is 4.98. The van der Waals surface area contributed by atoms with Crippen molar-refractivity contribution in [2.45, 2.75) is 6.92 Å². The summed E-state index contributed by atoms with van der Waals surface area (Å²) >= 11 is 12.2. The number of benzene rings is 2. The Hall–Kier alpha value is -2.48. The SMILES string of the molecule is C=CCN(CC[N+](C)(C)C)c1ccc(N=Nc2c(Cl)cc([N+](=O)[O-])cc2Cl)c(C)c1. The van der Waals surface area contributed by atoms with E-state index >= 15 is 0 Å². The van der Waals surface area contributed by atoms with Gasteiger partial charge in [-0.25, -0.2) is 0 Å². The first-order valence-corrected chi connectivity index (χ1v) is 10.1. The fraction of sp³-hybridized carbons (Fsp3) is 0.333. The highest BCUT2D eigenvalue weighted by molar-refractivity contribution is 6.39. The molecule has 0 bridgehead atoms. The lowest BCUT2D eigenvalue weighted by atomic mass is 10.1. The molecule has 0 fully saturated rings. The van der Waals surface area contributed by atoms with Gasteiger partial charge in [-0.3, -0.25) is 10.1 Å². The monoisotopic (exact) mass is 450 g/mol. The quantitative estimate of drug-likeness (QED) is 0.147. The van der Waals surface area contributed by atoms with E-state index in [1.165, 1.54) is 12.1 Å². The average Bonchev–Trinajstić information content (AvgIpc) is 2.64. The lowest BCUT2D eigenvalue weighted by Gasteiger charge is -2.30. The van der Waals surface area contributed by atoms with E-state index in [2.05, 4.69) is 42.9 Å². The lowest BCUT2D eigenvalue weighted by molar-refractivity contribution is -0.868. The second-order valence-electron chi connectivity index (χ2n) is 7.93. The summed E-state index contributed by atoms with van der Waals surface area (Å²) in [7, 11) is 6.49. The third kappa shape index (κ3) is 6.52. The number of aryl methyl sites for hydroxylation is 1. The molecule has 0 saturated heterocycles. The summed E-state index contributed by atoms with van der Waals surface area (Å²) in [6.45, 7) is 8.44. The Kier molecular flexibility index (Phi) is 7.95. The van der Waals surface area contributed by atoms with Gasteiger partial charge in [0.2, 0.25) is 0 Å². The number of azo groups is 1. The molecule has 0 radical (unpaired) electrons. The molecule has 2 rings (SSSR count). The molecule has 0 saturated carbocycles. The normalized spacial score (nSPS) is 11.7. The van der Waals surface area contributed by atoms with E-state index < -0.39 is 4.92 Å². The Labute approximate surface area is 187 Å². The molecule has 0 aliphatic heterocycles. The van der Waals surface area contributed by atoms with Gasteiger partial charge in [0.05, 0.1) is 54.9 Å². The van der Waals surface area contributed by atoms with E-state index in [1.54, 1.807) is 0 Å². The first-order valence-electron chi connectivity index (χ1n) is 9.34. The Balaban J connectivity index is 2.26. The van der Waals surface area contributed by atoms with Crippen LogP contribution in [-0.2, 0) is 0 Å². The fourth-order valence-electron chi connectivity index (χ4n) is 2.71. The number of anilines is 1. The maximum absolute atomic E-state index is 10.9. The van der Waals surface area contributed by atoms with E-state index in [9.17, 15) is 10.1 Å². The van der Waals surface area contributed by atoms with E-state index in [1.807, 2.05) is 31.2 Å². The van der Waals surface area contributed by atoms with Crippen LogP contribution in [0.2, 0.25) is 10.0 Å². The number of quaternary nitrogens is 1. The summed E-state index contributed by atoms with van der Waals surface area (Å²) in [6.07, 6.45) is 1.89. The summed E-state index contributed by atoms with van der Waals surface area (Å²) in [5, 5.41) is 19.4. The van der Waals surface area contributed by atoms with Crippen LogP contribution >= 0.6 is 23.2 Å². The highest BCUT2D eigenvalue weighted by Gasteiger charge is 2.15. The largest absolute Gasteiger partial charge is 0.362 e. The Bertz CT molecular complexity index is 947. The van der Waals surface area contributed by atoms with Crippen molar-refractivity contribution in [3.63, 3.8) is 0 Å². The Morgan fingerprint density at radius 2 is 1.80 bits per heavy atom. The predicted molar refractivity (Wildman–Crippen MR) is 124 cm³/mol. The molecule has 0 aliphatic carbocycles. The molecule has 0 amide bonds.